The molecule has 1 aromatic rings. The van der Waals surface area contributed by atoms with Gasteiger partial charge < -0.3 is 15.5 Å². The van der Waals surface area contributed by atoms with Crippen molar-refractivity contribution in [2.24, 2.45) is 0 Å². The fourth-order valence-electron chi connectivity index (χ4n) is 2.35. The molecule has 0 radical (unpaired) electrons. The molecular weight excluding hydrogens is 278 g/mol. The van der Waals surface area contributed by atoms with E-state index in [-0.39, 0.29) is 23.5 Å². The van der Waals surface area contributed by atoms with E-state index in [1.165, 1.54) is 0 Å². The zero-order valence-electron chi connectivity index (χ0n) is 13.8. The minimum absolute atomic E-state index is 0.0692. The van der Waals surface area contributed by atoms with Gasteiger partial charge in [-0.25, -0.2) is 4.79 Å². The van der Waals surface area contributed by atoms with E-state index in [1.807, 2.05) is 18.7 Å². The minimum Gasteiger partial charge on any atom is -0.350 e. The maximum Gasteiger partial charge on any atom is 0.322 e. The normalized spacial score (nSPS) is 17.4. The summed E-state index contributed by atoms with van der Waals surface area (Å²) in [6.07, 6.45) is 1.92. The van der Waals surface area contributed by atoms with Crippen LogP contribution in [0.1, 0.15) is 50.9 Å². The zero-order chi connectivity index (χ0) is 16.3. The van der Waals surface area contributed by atoms with Gasteiger partial charge in [0, 0.05) is 29.4 Å². The van der Waals surface area contributed by atoms with Crippen LogP contribution >= 0.6 is 0 Å². The van der Waals surface area contributed by atoms with Gasteiger partial charge in [-0.15, -0.1) is 0 Å². The van der Waals surface area contributed by atoms with Gasteiger partial charge in [-0.1, -0.05) is 6.92 Å². The number of likely N-dealkylation sites (tertiary alicyclic amines) is 1. The molecule has 1 atom stereocenters. The molecule has 3 amide bonds. The summed E-state index contributed by atoms with van der Waals surface area (Å²) >= 11 is 0. The Kier molecular flexibility index (Phi) is 4.74. The fourth-order valence-corrected chi connectivity index (χ4v) is 2.35. The van der Waals surface area contributed by atoms with Crippen molar-refractivity contribution < 1.29 is 9.59 Å². The van der Waals surface area contributed by atoms with Crippen molar-refractivity contribution in [2.45, 2.75) is 52.1 Å². The molecule has 1 aliphatic heterocycles. The van der Waals surface area contributed by atoms with Crippen molar-refractivity contribution >= 4 is 17.6 Å². The van der Waals surface area contributed by atoms with E-state index in [0.717, 1.165) is 19.4 Å². The molecule has 2 N–H and O–H groups in total. The Balaban J connectivity index is 1.94. The molecule has 1 heterocycles. The van der Waals surface area contributed by atoms with Crippen LogP contribution in [-0.4, -0.2) is 35.0 Å². The van der Waals surface area contributed by atoms with Crippen molar-refractivity contribution in [1.29, 1.82) is 0 Å². The maximum atomic E-state index is 12.1. The third-order valence-corrected chi connectivity index (χ3v) is 4.31. The molecule has 0 aromatic heterocycles. The second-order valence-corrected chi connectivity index (χ2v) is 6.50. The SMILES string of the molecule is CC[C@@H](C)NC(=O)c1ccc(NC(=O)N2CCC2(C)C)cc1. The van der Waals surface area contributed by atoms with Gasteiger partial charge in [-0.05, 0) is 57.9 Å². The summed E-state index contributed by atoms with van der Waals surface area (Å²) in [5, 5.41) is 5.79. The van der Waals surface area contributed by atoms with E-state index in [1.54, 1.807) is 24.3 Å². The number of nitrogens with one attached hydrogen (secondary N) is 2. The number of hydrogen-bond donors (Lipinski definition) is 2. The Morgan fingerprint density at radius 3 is 2.36 bits per heavy atom. The Morgan fingerprint density at radius 1 is 1.27 bits per heavy atom. The van der Waals surface area contributed by atoms with Crippen LogP contribution in [0.5, 0.6) is 0 Å². The van der Waals surface area contributed by atoms with E-state index >= 15 is 0 Å². The molecule has 0 spiro atoms. The molecule has 0 bridgehead atoms. The lowest BCUT2D eigenvalue weighted by Crippen LogP contribution is -2.59. The van der Waals surface area contributed by atoms with Crippen LogP contribution < -0.4 is 10.6 Å². The number of amides is 3. The summed E-state index contributed by atoms with van der Waals surface area (Å²) in [4.78, 5) is 26.0. The summed E-state index contributed by atoms with van der Waals surface area (Å²) < 4.78 is 0. The van der Waals surface area contributed by atoms with Gasteiger partial charge in [0.15, 0.2) is 0 Å². The summed E-state index contributed by atoms with van der Waals surface area (Å²) in [6.45, 7) is 8.90. The van der Waals surface area contributed by atoms with E-state index in [4.69, 9.17) is 0 Å². The van der Waals surface area contributed by atoms with Gasteiger partial charge in [-0.2, -0.15) is 0 Å². The first-order valence-corrected chi connectivity index (χ1v) is 7.83. The van der Waals surface area contributed by atoms with Gasteiger partial charge in [0.2, 0.25) is 0 Å². The fraction of sp³-hybridized carbons (Fsp3) is 0.529. The quantitative estimate of drug-likeness (QED) is 0.897. The molecule has 1 fully saturated rings. The average molecular weight is 303 g/mol. The first-order valence-electron chi connectivity index (χ1n) is 7.83. The number of rotatable bonds is 4. The largest absolute Gasteiger partial charge is 0.350 e. The molecule has 0 aliphatic carbocycles. The van der Waals surface area contributed by atoms with Gasteiger partial charge >= 0.3 is 6.03 Å². The van der Waals surface area contributed by atoms with Crippen LogP contribution in [0.4, 0.5) is 10.5 Å². The first-order chi connectivity index (χ1) is 10.3. The predicted octanol–water partition coefficient (Wildman–Crippen LogP) is 3.23. The third-order valence-electron chi connectivity index (χ3n) is 4.31. The lowest BCUT2D eigenvalue weighted by atomic mass is 9.89. The van der Waals surface area contributed by atoms with Crippen molar-refractivity contribution in [3.63, 3.8) is 0 Å². The number of benzene rings is 1. The standard InChI is InChI=1S/C17H25N3O2/c1-5-12(2)18-15(21)13-6-8-14(9-7-13)19-16(22)20-11-10-17(20,3)4/h6-9,12H,5,10-11H2,1-4H3,(H,18,21)(H,19,22)/t12-/m1/s1. The van der Waals surface area contributed by atoms with E-state index in [2.05, 4.69) is 24.5 Å². The number of nitrogens with zero attached hydrogens (tertiary/aromatic N) is 1. The van der Waals surface area contributed by atoms with Crippen LogP contribution in [0.3, 0.4) is 0 Å². The molecule has 0 unspecified atom stereocenters. The molecule has 1 aromatic carbocycles. The van der Waals surface area contributed by atoms with Crippen molar-refractivity contribution in [3.8, 4) is 0 Å². The van der Waals surface area contributed by atoms with E-state index in [9.17, 15) is 9.59 Å². The van der Waals surface area contributed by atoms with Gasteiger partial charge in [0.1, 0.15) is 0 Å². The van der Waals surface area contributed by atoms with Gasteiger partial charge in [-0.3, -0.25) is 4.79 Å². The molecule has 120 valence electrons. The topological polar surface area (TPSA) is 61.4 Å². The highest BCUT2D eigenvalue weighted by Crippen LogP contribution is 2.29. The second-order valence-electron chi connectivity index (χ2n) is 6.50. The molecule has 1 saturated heterocycles. The minimum atomic E-state index is -0.0898. The Labute approximate surface area is 132 Å². The second kappa shape index (κ2) is 6.38. The number of carbonyl (C=O) groups excluding carboxylic acids is 2. The summed E-state index contributed by atoms with van der Waals surface area (Å²) in [5.41, 5.74) is 1.23. The van der Waals surface area contributed by atoms with Crippen LogP contribution in [0.25, 0.3) is 0 Å². The molecule has 5 heteroatoms. The number of urea groups is 1. The monoisotopic (exact) mass is 303 g/mol. The molecule has 1 aliphatic rings. The highest BCUT2D eigenvalue weighted by Gasteiger charge is 2.39. The highest BCUT2D eigenvalue weighted by molar-refractivity contribution is 5.95. The van der Waals surface area contributed by atoms with Crippen LogP contribution in [0.15, 0.2) is 24.3 Å². The lowest BCUT2D eigenvalue weighted by Gasteiger charge is -2.48. The summed E-state index contributed by atoms with van der Waals surface area (Å²) in [7, 11) is 0. The molecule has 2 rings (SSSR count). The maximum absolute atomic E-state index is 12.1. The van der Waals surface area contributed by atoms with Crippen molar-refractivity contribution in [3.05, 3.63) is 29.8 Å². The number of hydrogen-bond acceptors (Lipinski definition) is 2. The van der Waals surface area contributed by atoms with Crippen molar-refractivity contribution in [1.82, 2.24) is 10.2 Å². The zero-order valence-corrected chi connectivity index (χ0v) is 13.8. The van der Waals surface area contributed by atoms with Gasteiger partial charge in [0.25, 0.3) is 5.91 Å². The Bertz CT molecular complexity index is 552. The number of carbonyl (C=O) groups is 2. The summed E-state index contributed by atoms with van der Waals surface area (Å²) in [5.74, 6) is -0.0869. The molecule has 0 saturated carbocycles. The van der Waals surface area contributed by atoms with Crippen LogP contribution in [-0.2, 0) is 0 Å². The lowest BCUT2D eigenvalue weighted by molar-refractivity contribution is 0.0611. The molecule has 22 heavy (non-hydrogen) atoms. The van der Waals surface area contributed by atoms with Crippen LogP contribution in [0.2, 0.25) is 0 Å². The first kappa shape index (κ1) is 16.3. The highest BCUT2D eigenvalue weighted by atomic mass is 16.2. The Hall–Kier alpha value is -2.04. The average Bonchev–Trinajstić information content (AvgIpc) is 2.46. The Morgan fingerprint density at radius 2 is 1.91 bits per heavy atom. The van der Waals surface area contributed by atoms with Gasteiger partial charge in [0.05, 0.1) is 0 Å². The number of anilines is 1. The summed E-state index contributed by atoms with van der Waals surface area (Å²) in [6, 6.07) is 7.05. The predicted molar refractivity (Wildman–Crippen MR) is 88.1 cm³/mol. The van der Waals surface area contributed by atoms with Crippen LogP contribution in [0, 0.1) is 0 Å². The third kappa shape index (κ3) is 3.59. The van der Waals surface area contributed by atoms with Crippen molar-refractivity contribution in [2.75, 3.05) is 11.9 Å². The molecular formula is C17H25N3O2. The van der Waals surface area contributed by atoms with E-state index in [0.29, 0.717) is 11.3 Å². The molecule has 5 nitrogen and oxygen atoms in total. The van der Waals surface area contributed by atoms with E-state index < -0.39 is 0 Å². The smallest absolute Gasteiger partial charge is 0.322 e.